The van der Waals surface area contributed by atoms with Crippen LogP contribution in [0.1, 0.15) is 42.5 Å². The maximum Gasteiger partial charge on any atom is 0.257 e. The van der Waals surface area contributed by atoms with Crippen LogP contribution >= 0.6 is 0 Å². The Kier molecular flexibility index (Phi) is 5.92. The predicted octanol–water partition coefficient (Wildman–Crippen LogP) is 3.12. The summed E-state index contributed by atoms with van der Waals surface area (Å²) in [7, 11) is 4.66. The number of benzene rings is 1. The van der Waals surface area contributed by atoms with E-state index in [1.54, 1.807) is 33.5 Å². The first-order valence-corrected chi connectivity index (χ1v) is 7.81. The molecule has 22 heavy (non-hydrogen) atoms. The van der Waals surface area contributed by atoms with Gasteiger partial charge in [0.25, 0.3) is 5.91 Å². The molecule has 0 spiro atoms. The molecule has 2 rings (SSSR count). The van der Waals surface area contributed by atoms with Crippen LogP contribution in [-0.4, -0.2) is 45.2 Å². The minimum Gasteiger partial charge on any atom is -0.493 e. The second-order valence-electron chi connectivity index (χ2n) is 5.44. The van der Waals surface area contributed by atoms with Gasteiger partial charge in [0, 0.05) is 13.1 Å². The van der Waals surface area contributed by atoms with E-state index in [1.165, 1.54) is 19.3 Å². The van der Waals surface area contributed by atoms with Crippen molar-refractivity contribution in [3.63, 3.8) is 0 Å². The number of methoxy groups -OCH3 is 3. The van der Waals surface area contributed by atoms with Gasteiger partial charge in [0.15, 0.2) is 11.5 Å². The number of likely N-dealkylation sites (tertiary alicyclic amines) is 1. The highest BCUT2D eigenvalue weighted by molar-refractivity contribution is 5.98. The van der Waals surface area contributed by atoms with E-state index in [4.69, 9.17) is 14.2 Å². The standard InChI is InChI=1S/C17H25NO4/c1-20-14-10-9-13(15(21-2)16(14)22-3)17(19)18-11-7-5-4-6-8-12-18/h9-10H,4-8,11-12H2,1-3H3. The lowest BCUT2D eigenvalue weighted by Crippen LogP contribution is -2.34. The highest BCUT2D eigenvalue weighted by Crippen LogP contribution is 2.40. The van der Waals surface area contributed by atoms with Gasteiger partial charge in [0.1, 0.15) is 0 Å². The van der Waals surface area contributed by atoms with Crippen molar-refractivity contribution in [3.8, 4) is 17.2 Å². The molecule has 1 heterocycles. The van der Waals surface area contributed by atoms with Gasteiger partial charge in [-0.1, -0.05) is 19.3 Å². The number of amides is 1. The molecule has 0 N–H and O–H groups in total. The largest absolute Gasteiger partial charge is 0.493 e. The van der Waals surface area contributed by atoms with Crippen molar-refractivity contribution < 1.29 is 19.0 Å². The molecule has 1 aromatic carbocycles. The van der Waals surface area contributed by atoms with E-state index in [2.05, 4.69) is 0 Å². The third-order valence-corrected chi connectivity index (χ3v) is 4.08. The average molecular weight is 307 g/mol. The lowest BCUT2D eigenvalue weighted by atomic mass is 10.1. The first kappa shape index (κ1) is 16.5. The van der Waals surface area contributed by atoms with E-state index >= 15 is 0 Å². The second kappa shape index (κ2) is 7.92. The SMILES string of the molecule is COc1ccc(C(=O)N2CCCCCCC2)c(OC)c1OC. The Bertz CT molecular complexity index is 508. The van der Waals surface area contributed by atoms with Gasteiger partial charge in [-0.05, 0) is 25.0 Å². The van der Waals surface area contributed by atoms with Crippen molar-refractivity contribution >= 4 is 5.91 Å². The lowest BCUT2D eigenvalue weighted by molar-refractivity contribution is 0.0738. The molecule has 1 aromatic rings. The van der Waals surface area contributed by atoms with E-state index < -0.39 is 0 Å². The molecule has 0 unspecified atom stereocenters. The molecule has 0 atom stereocenters. The van der Waals surface area contributed by atoms with E-state index in [9.17, 15) is 4.79 Å². The average Bonchev–Trinajstić information content (AvgIpc) is 2.52. The molecule has 122 valence electrons. The van der Waals surface area contributed by atoms with Crippen LogP contribution in [0, 0.1) is 0 Å². The molecule has 0 aromatic heterocycles. The van der Waals surface area contributed by atoms with Gasteiger partial charge in [0.2, 0.25) is 5.75 Å². The second-order valence-corrected chi connectivity index (χ2v) is 5.44. The van der Waals surface area contributed by atoms with Gasteiger partial charge >= 0.3 is 0 Å². The highest BCUT2D eigenvalue weighted by Gasteiger charge is 2.24. The zero-order valence-corrected chi connectivity index (χ0v) is 13.7. The maximum absolute atomic E-state index is 12.9. The topological polar surface area (TPSA) is 48.0 Å². The fraction of sp³-hybridized carbons (Fsp3) is 0.588. The molecule has 1 amide bonds. The maximum atomic E-state index is 12.9. The van der Waals surface area contributed by atoms with Gasteiger partial charge in [-0.15, -0.1) is 0 Å². The normalized spacial score (nSPS) is 15.7. The number of ether oxygens (including phenoxy) is 3. The first-order valence-electron chi connectivity index (χ1n) is 7.81. The Morgan fingerprint density at radius 2 is 1.45 bits per heavy atom. The summed E-state index contributed by atoms with van der Waals surface area (Å²) in [5.74, 6) is 1.46. The minimum atomic E-state index is -0.000275. The van der Waals surface area contributed by atoms with Gasteiger partial charge in [-0.2, -0.15) is 0 Å². The van der Waals surface area contributed by atoms with E-state index in [-0.39, 0.29) is 5.91 Å². The van der Waals surface area contributed by atoms with Gasteiger partial charge in [0.05, 0.1) is 26.9 Å². The van der Waals surface area contributed by atoms with Gasteiger partial charge < -0.3 is 19.1 Å². The molecular formula is C17H25NO4. The summed E-state index contributed by atoms with van der Waals surface area (Å²) in [6, 6.07) is 3.50. The number of hydrogen-bond donors (Lipinski definition) is 0. The molecule has 1 fully saturated rings. The molecule has 1 aliphatic heterocycles. The van der Waals surface area contributed by atoms with Crippen LogP contribution in [0.3, 0.4) is 0 Å². The van der Waals surface area contributed by atoms with Crippen LogP contribution in [0.15, 0.2) is 12.1 Å². The summed E-state index contributed by atoms with van der Waals surface area (Å²) >= 11 is 0. The Morgan fingerprint density at radius 3 is 2.00 bits per heavy atom. The van der Waals surface area contributed by atoms with Crippen LogP contribution in [0.2, 0.25) is 0 Å². The number of rotatable bonds is 4. The molecule has 0 radical (unpaired) electrons. The van der Waals surface area contributed by atoms with Gasteiger partial charge in [-0.25, -0.2) is 0 Å². The third kappa shape index (κ3) is 3.46. The molecule has 0 bridgehead atoms. The zero-order valence-electron chi connectivity index (χ0n) is 13.7. The third-order valence-electron chi connectivity index (χ3n) is 4.08. The predicted molar refractivity (Wildman–Crippen MR) is 85.1 cm³/mol. The van der Waals surface area contributed by atoms with Gasteiger partial charge in [-0.3, -0.25) is 4.79 Å². The highest BCUT2D eigenvalue weighted by atomic mass is 16.5. The summed E-state index contributed by atoms with van der Waals surface area (Å²) in [5, 5.41) is 0. The molecule has 1 saturated heterocycles. The Hall–Kier alpha value is -1.91. The quantitative estimate of drug-likeness (QED) is 0.857. The smallest absolute Gasteiger partial charge is 0.257 e. The van der Waals surface area contributed by atoms with E-state index in [1.807, 2.05) is 4.90 Å². The summed E-state index contributed by atoms with van der Waals surface area (Å²) in [4.78, 5) is 14.8. The van der Waals surface area contributed by atoms with E-state index in [0.717, 1.165) is 25.9 Å². The summed E-state index contributed by atoms with van der Waals surface area (Å²) in [6.07, 6.45) is 5.75. The summed E-state index contributed by atoms with van der Waals surface area (Å²) < 4.78 is 16.1. The number of carbonyl (C=O) groups excluding carboxylic acids is 1. The lowest BCUT2D eigenvalue weighted by Gasteiger charge is -2.26. The van der Waals surface area contributed by atoms with Crippen molar-refractivity contribution in [1.82, 2.24) is 4.90 Å². The number of hydrogen-bond acceptors (Lipinski definition) is 4. The van der Waals surface area contributed by atoms with Crippen molar-refractivity contribution in [2.75, 3.05) is 34.4 Å². The molecule has 5 nitrogen and oxygen atoms in total. The summed E-state index contributed by atoms with van der Waals surface area (Å²) in [6.45, 7) is 1.60. The van der Waals surface area contributed by atoms with Crippen LogP contribution in [-0.2, 0) is 0 Å². The van der Waals surface area contributed by atoms with Crippen molar-refractivity contribution in [2.24, 2.45) is 0 Å². The fourth-order valence-corrected chi connectivity index (χ4v) is 2.89. The molecule has 0 saturated carbocycles. The van der Waals surface area contributed by atoms with Crippen LogP contribution in [0.5, 0.6) is 17.2 Å². The molecular weight excluding hydrogens is 282 g/mol. The number of carbonyl (C=O) groups is 1. The zero-order chi connectivity index (χ0) is 15.9. The van der Waals surface area contributed by atoms with Crippen LogP contribution in [0.4, 0.5) is 0 Å². The summed E-state index contributed by atoms with van der Waals surface area (Å²) in [5.41, 5.74) is 0.528. The Morgan fingerprint density at radius 1 is 0.864 bits per heavy atom. The molecule has 1 aliphatic rings. The van der Waals surface area contributed by atoms with Crippen molar-refractivity contribution in [3.05, 3.63) is 17.7 Å². The Labute approximate surface area is 132 Å². The van der Waals surface area contributed by atoms with Crippen LogP contribution in [0.25, 0.3) is 0 Å². The number of nitrogens with zero attached hydrogens (tertiary/aromatic N) is 1. The van der Waals surface area contributed by atoms with E-state index in [0.29, 0.717) is 22.8 Å². The van der Waals surface area contributed by atoms with Crippen LogP contribution < -0.4 is 14.2 Å². The monoisotopic (exact) mass is 307 g/mol. The molecule has 0 aliphatic carbocycles. The first-order chi connectivity index (χ1) is 10.7. The Balaban J connectivity index is 2.31. The fourth-order valence-electron chi connectivity index (χ4n) is 2.89. The molecule has 5 heteroatoms. The van der Waals surface area contributed by atoms with Crippen molar-refractivity contribution in [1.29, 1.82) is 0 Å². The minimum absolute atomic E-state index is 0.000275. The van der Waals surface area contributed by atoms with Crippen molar-refractivity contribution in [2.45, 2.75) is 32.1 Å².